The minimum atomic E-state index is -0.625. The second kappa shape index (κ2) is 9.32. The molecule has 7 heteroatoms. The molecule has 28 heavy (non-hydrogen) atoms. The largest absolute Gasteiger partial charge is 0.346 e. The molecule has 2 amide bonds. The predicted molar refractivity (Wildman–Crippen MR) is 114 cm³/mol. The lowest BCUT2D eigenvalue weighted by Gasteiger charge is -2.37. The molecule has 1 aliphatic rings. The van der Waals surface area contributed by atoms with Gasteiger partial charge in [-0.05, 0) is 54.4 Å². The van der Waals surface area contributed by atoms with E-state index in [4.69, 9.17) is 0 Å². The number of nitrogens with one attached hydrogen (secondary N) is 2. The van der Waals surface area contributed by atoms with Gasteiger partial charge in [0.15, 0.2) is 0 Å². The van der Waals surface area contributed by atoms with E-state index in [-0.39, 0.29) is 6.04 Å². The second-order valence-electron chi connectivity index (χ2n) is 7.34. The first-order valence-corrected chi connectivity index (χ1v) is 10.5. The van der Waals surface area contributed by atoms with Crippen molar-refractivity contribution in [1.29, 1.82) is 0 Å². The van der Waals surface area contributed by atoms with E-state index in [0.717, 1.165) is 37.3 Å². The lowest BCUT2D eigenvalue weighted by atomic mass is 10.1. The summed E-state index contributed by atoms with van der Waals surface area (Å²) in [5, 5.41) is 9.76. The highest BCUT2D eigenvalue weighted by atomic mass is 32.1. The Hall–Kier alpha value is -2.22. The topological polar surface area (TPSA) is 64.7 Å². The van der Waals surface area contributed by atoms with Crippen molar-refractivity contribution in [2.75, 3.05) is 45.1 Å². The summed E-state index contributed by atoms with van der Waals surface area (Å²) in [6.45, 7) is 8.15. The van der Waals surface area contributed by atoms with Crippen LogP contribution in [0.1, 0.15) is 22.7 Å². The Balaban J connectivity index is 1.62. The summed E-state index contributed by atoms with van der Waals surface area (Å²) in [4.78, 5) is 29.5. The van der Waals surface area contributed by atoms with Crippen molar-refractivity contribution >= 4 is 28.8 Å². The summed E-state index contributed by atoms with van der Waals surface area (Å²) >= 11 is 1.65. The van der Waals surface area contributed by atoms with Gasteiger partial charge in [0.1, 0.15) is 0 Å². The summed E-state index contributed by atoms with van der Waals surface area (Å²) in [6, 6.07) is 7.94. The molecule has 1 aromatic carbocycles. The number of benzene rings is 1. The Morgan fingerprint density at radius 2 is 1.75 bits per heavy atom. The number of likely N-dealkylation sites (N-methyl/N-ethyl adjacent to an activating group) is 1. The Labute approximate surface area is 170 Å². The summed E-state index contributed by atoms with van der Waals surface area (Å²) in [6.07, 6.45) is 0. The van der Waals surface area contributed by atoms with Gasteiger partial charge in [-0.15, -0.1) is 0 Å². The van der Waals surface area contributed by atoms with Crippen LogP contribution in [-0.4, -0.2) is 61.4 Å². The number of carbonyl (C=O) groups excluding carboxylic acids is 2. The van der Waals surface area contributed by atoms with Crippen LogP contribution in [0.15, 0.2) is 35.0 Å². The molecule has 1 atom stereocenters. The van der Waals surface area contributed by atoms with Gasteiger partial charge in [-0.25, -0.2) is 0 Å². The molecule has 1 aromatic heterocycles. The van der Waals surface area contributed by atoms with Gasteiger partial charge in [0.05, 0.1) is 6.04 Å². The average molecular weight is 401 g/mol. The van der Waals surface area contributed by atoms with Crippen LogP contribution in [-0.2, 0) is 9.59 Å². The lowest BCUT2D eigenvalue weighted by molar-refractivity contribution is -0.136. The fourth-order valence-corrected chi connectivity index (χ4v) is 4.21. The molecule has 6 nitrogen and oxygen atoms in total. The first-order chi connectivity index (χ1) is 13.5. The van der Waals surface area contributed by atoms with Crippen LogP contribution in [0.3, 0.4) is 0 Å². The molecule has 150 valence electrons. The predicted octanol–water partition coefficient (Wildman–Crippen LogP) is 2.41. The number of amides is 2. The summed E-state index contributed by atoms with van der Waals surface area (Å²) in [5.74, 6) is -1.23. The number of hydrogen-bond donors (Lipinski definition) is 2. The van der Waals surface area contributed by atoms with Crippen molar-refractivity contribution in [1.82, 2.24) is 15.1 Å². The maximum absolute atomic E-state index is 12.4. The van der Waals surface area contributed by atoms with E-state index in [1.54, 1.807) is 11.3 Å². The highest BCUT2D eigenvalue weighted by molar-refractivity contribution is 7.08. The number of aryl methyl sites for hydroxylation is 2. The molecule has 0 spiro atoms. The van der Waals surface area contributed by atoms with Gasteiger partial charge >= 0.3 is 11.8 Å². The first kappa shape index (κ1) is 20.5. The molecule has 2 N–H and O–H groups in total. The lowest BCUT2D eigenvalue weighted by Crippen LogP contribution is -2.49. The van der Waals surface area contributed by atoms with Gasteiger partial charge in [0, 0.05) is 38.4 Å². The molecule has 2 heterocycles. The molecule has 0 bridgehead atoms. The number of anilines is 1. The number of piperazine rings is 1. The third-order valence-electron chi connectivity index (χ3n) is 5.29. The van der Waals surface area contributed by atoms with Crippen LogP contribution >= 0.6 is 11.3 Å². The van der Waals surface area contributed by atoms with Gasteiger partial charge in [0.25, 0.3) is 0 Å². The molecule has 1 aliphatic heterocycles. The summed E-state index contributed by atoms with van der Waals surface area (Å²) in [7, 11) is 2.12. The van der Waals surface area contributed by atoms with E-state index in [9.17, 15) is 9.59 Å². The Bertz CT molecular complexity index is 794. The average Bonchev–Trinajstić information content (AvgIpc) is 3.20. The fourth-order valence-electron chi connectivity index (χ4n) is 3.51. The fraction of sp³-hybridized carbons (Fsp3) is 0.429. The molecule has 0 unspecified atom stereocenters. The van der Waals surface area contributed by atoms with Gasteiger partial charge in [-0.2, -0.15) is 11.3 Å². The van der Waals surface area contributed by atoms with E-state index >= 15 is 0 Å². The zero-order chi connectivity index (χ0) is 20.1. The maximum atomic E-state index is 12.4. The molecule has 2 aromatic rings. The highest BCUT2D eigenvalue weighted by Crippen LogP contribution is 2.24. The standard InChI is InChI=1S/C21H28N4O2S/c1-15-5-4-6-16(2)19(15)23-21(27)20(26)22-13-18(17-7-12-28-14-17)25-10-8-24(3)9-11-25/h4-7,12,14,18H,8-11,13H2,1-3H3,(H,22,26)(H,23,27)/t18-/m0/s1. The number of rotatable bonds is 5. The Morgan fingerprint density at radius 3 is 2.36 bits per heavy atom. The molecular formula is C21H28N4O2S. The SMILES string of the molecule is Cc1cccc(C)c1NC(=O)C(=O)NC[C@@H](c1ccsc1)N1CCN(C)CC1. The zero-order valence-electron chi connectivity index (χ0n) is 16.7. The molecule has 0 aliphatic carbocycles. The number of para-hydroxylation sites is 1. The Morgan fingerprint density at radius 1 is 1.07 bits per heavy atom. The number of carbonyl (C=O) groups is 2. The zero-order valence-corrected chi connectivity index (χ0v) is 17.5. The van der Waals surface area contributed by atoms with Crippen LogP contribution in [0.4, 0.5) is 5.69 Å². The van der Waals surface area contributed by atoms with Crippen LogP contribution in [0, 0.1) is 13.8 Å². The Kier molecular flexibility index (Phi) is 6.83. The quantitative estimate of drug-likeness (QED) is 0.757. The molecule has 3 rings (SSSR count). The van der Waals surface area contributed by atoms with Gasteiger partial charge < -0.3 is 15.5 Å². The van der Waals surface area contributed by atoms with E-state index in [1.807, 2.05) is 37.4 Å². The van der Waals surface area contributed by atoms with Crippen molar-refractivity contribution in [3.63, 3.8) is 0 Å². The van der Waals surface area contributed by atoms with E-state index in [0.29, 0.717) is 12.2 Å². The molecule has 0 saturated carbocycles. The molecule has 0 radical (unpaired) electrons. The van der Waals surface area contributed by atoms with Crippen molar-refractivity contribution in [2.45, 2.75) is 19.9 Å². The van der Waals surface area contributed by atoms with E-state index in [2.05, 4.69) is 38.9 Å². The maximum Gasteiger partial charge on any atom is 0.313 e. The van der Waals surface area contributed by atoms with Crippen molar-refractivity contribution in [3.8, 4) is 0 Å². The van der Waals surface area contributed by atoms with Crippen molar-refractivity contribution in [3.05, 3.63) is 51.7 Å². The molecule has 1 fully saturated rings. The monoisotopic (exact) mass is 400 g/mol. The molecule has 1 saturated heterocycles. The molecular weight excluding hydrogens is 372 g/mol. The highest BCUT2D eigenvalue weighted by Gasteiger charge is 2.26. The number of nitrogens with zero attached hydrogens (tertiary/aromatic N) is 2. The smallest absolute Gasteiger partial charge is 0.313 e. The van der Waals surface area contributed by atoms with Crippen LogP contribution < -0.4 is 10.6 Å². The van der Waals surface area contributed by atoms with E-state index in [1.165, 1.54) is 5.56 Å². The second-order valence-corrected chi connectivity index (χ2v) is 8.12. The van der Waals surface area contributed by atoms with Gasteiger partial charge in [-0.1, -0.05) is 18.2 Å². The van der Waals surface area contributed by atoms with Crippen LogP contribution in [0.25, 0.3) is 0 Å². The van der Waals surface area contributed by atoms with Crippen LogP contribution in [0.2, 0.25) is 0 Å². The normalized spacial score (nSPS) is 16.5. The minimum Gasteiger partial charge on any atom is -0.346 e. The number of thiophene rings is 1. The van der Waals surface area contributed by atoms with Crippen LogP contribution in [0.5, 0.6) is 0 Å². The third-order valence-corrected chi connectivity index (χ3v) is 5.99. The first-order valence-electron chi connectivity index (χ1n) is 9.56. The summed E-state index contributed by atoms with van der Waals surface area (Å²) in [5.41, 5.74) is 3.77. The van der Waals surface area contributed by atoms with Gasteiger partial charge in [0.2, 0.25) is 0 Å². The van der Waals surface area contributed by atoms with Gasteiger partial charge in [-0.3, -0.25) is 14.5 Å². The minimum absolute atomic E-state index is 0.0805. The van der Waals surface area contributed by atoms with Crippen molar-refractivity contribution in [2.24, 2.45) is 0 Å². The third kappa shape index (κ3) is 4.98. The number of hydrogen-bond acceptors (Lipinski definition) is 5. The van der Waals surface area contributed by atoms with E-state index < -0.39 is 11.8 Å². The van der Waals surface area contributed by atoms with Crippen molar-refractivity contribution < 1.29 is 9.59 Å². The summed E-state index contributed by atoms with van der Waals surface area (Å²) < 4.78 is 0.